The lowest BCUT2D eigenvalue weighted by Gasteiger charge is -2.39. The molecule has 0 radical (unpaired) electrons. The third-order valence-corrected chi connectivity index (χ3v) is 5.93. The zero-order chi connectivity index (χ0) is 26.1. The van der Waals surface area contributed by atoms with E-state index in [-0.39, 0.29) is 30.5 Å². The molecule has 1 aliphatic rings. The predicted molar refractivity (Wildman–Crippen MR) is 135 cm³/mol. The number of rotatable bonds is 11. The Morgan fingerprint density at radius 2 is 1.89 bits per heavy atom. The molecule has 7 nitrogen and oxygen atoms in total. The lowest BCUT2D eigenvalue weighted by molar-refractivity contribution is -0.126. The quantitative estimate of drug-likeness (QED) is 0.210. The van der Waals surface area contributed by atoms with Gasteiger partial charge in [-0.15, -0.1) is 0 Å². The van der Waals surface area contributed by atoms with Gasteiger partial charge >= 0.3 is 0 Å². The zero-order valence-corrected chi connectivity index (χ0v) is 20.5. The van der Waals surface area contributed by atoms with E-state index in [2.05, 4.69) is 4.99 Å². The fraction of sp³-hybridized carbons (Fsp3) is 0.370. The van der Waals surface area contributed by atoms with Crippen LogP contribution in [0.2, 0.25) is 0 Å². The molecule has 0 saturated carbocycles. The smallest absolute Gasteiger partial charge is 0.287 e. The van der Waals surface area contributed by atoms with Gasteiger partial charge in [0, 0.05) is 30.8 Å². The minimum Gasteiger partial charge on any atom is -0.431 e. The third-order valence-electron chi connectivity index (χ3n) is 5.93. The largest absolute Gasteiger partial charge is 0.431 e. The number of imide groups is 1. The number of ether oxygens (including phenoxy) is 1. The van der Waals surface area contributed by atoms with Gasteiger partial charge in [-0.2, -0.15) is 0 Å². The second kappa shape index (κ2) is 12.8. The zero-order valence-electron chi connectivity index (χ0n) is 20.5. The average Bonchev–Trinajstić information content (AvgIpc) is 2.81. The van der Waals surface area contributed by atoms with Crippen LogP contribution in [0.25, 0.3) is 0 Å². The fourth-order valence-corrected chi connectivity index (χ4v) is 4.20. The van der Waals surface area contributed by atoms with E-state index in [1.165, 1.54) is 12.1 Å². The van der Waals surface area contributed by atoms with E-state index in [0.717, 1.165) is 12.0 Å². The van der Waals surface area contributed by atoms with Gasteiger partial charge in [0.25, 0.3) is 6.02 Å². The Kier molecular flexibility index (Phi) is 9.55. The van der Waals surface area contributed by atoms with Crippen molar-refractivity contribution in [2.45, 2.75) is 51.5 Å². The fourth-order valence-electron chi connectivity index (χ4n) is 4.20. The number of halogens is 2. The first-order valence-electron chi connectivity index (χ1n) is 12.1. The molecule has 1 saturated heterocycles. The molecule has 2 aromatic rings. The molecule has 3 rings (SSSR count). The number of hydrogen-bond donors (Lipinski definition) is 2. The molecule has 1 aliphatic heterocycles. The Balaban J connectivity index is 1.64. The van der Waals surface area contributed by atoms with Gasteiger partial charge in [-0.1, -0.05) is 50.6 Å². The highest BCUT2D eigenvalue weighted by Crippen LogP contribution is 2.32. The Bertz CT molecular complexity index is 1090. The van der Waals surface area contributed by atoms with E-state index in [1.54, 1.807) is 11.8 Å². The van der Waals surface area contributed by atoms with Crippen LogP contribution in [0.3, 0.4) is 0 Å². The van der Waals surface area contributed by atoms with Crippen molar-refractivity contribution in [2.24, 2.45) is 10.7 Å². The molecule has 9 heteroatoms. The van der Waals surface area contributed by atoms with E-state index < -0.39 is 23.5 Å². The molecule has 0 bridgehead atoms. The monoisotopic (exact) mass is 498 g/mol. The van der Waals surface area contributed by atoms with Crippen LogP contribution in [0.1, 0.15) is 50.2 Å². The Morgan fingerprint density at radius 3 is 2.47 bits per heavy atom. The summed E-state index contributed by atoms with van der Waals surface area (Å²) in [5, 5.41) is 2.00. The summed E-state index contributed by atoms with van der Waals surface area (Å²) in [5.41, 5.74) is 7.13. The number of carbonyl (C=O) groups is 2. The normalized spacial score (nSPS) is 15.3. The highest BCUT2D eigenvalue weighted by atomic mass is 19.1. The summed E-state index contributed by atoms with van der Waals surface area (Å²) in [6.07, 6.45) is 4.29. The summed E-state index contributed by atoms with van der Waals surface area (Å²) in [6.45, 7) is 4.63. The van der Waals surface area contributed by atoms with Crippen molar-refractivity contribution in [3.8, 4) is 0 Å². The Labute approximate surface area is 210 Å². The number of anilines is 1. The van der Waals surface area contributed by atoms with Crippen molar-refractivity contribution in [1.29, 1.82) is 0 Å². The maximum Gasteiger partial charge on any atom is 0.287 e. The highest BCUT2D eigenvalue weighted by Gasteiger charge is 2.31. The molecule has 2 aromatic carbocycles. The molecule has 0 aromatic heterocycles. The van der Waals surface area contributed by atoms with Crippen molar-refractivity contribution in [3.05, 3.63) is 77.1 Å². The van der Waals surface area contributed by atoms with Crippen LogP contribution < -0.4 is 16.0 Å². The van der Waals surface area contributed by atoms with Gasteiger partial charge in [0.05, 0.1) is 12.0 Å². The third kappa shape index (κ3) is 6.90. The second-order valence-corrected chi connectivity index (χ2v) is 8.66. The van der Waals surface area contributed by atoms with E-state index in [4.69, 9.17) is 10.5 Å². The van der Waals surface area contributed by atoms with Crippen molar-refractivity contribution >= 4 is 24.0 Å². The summed E-state index contributed by atoms with van der Waals surface area (Å²) in [5.74, 6) is -2.75. The van der Waals surface area contributed by atoms with Gasteiger partial charge in [-0.3, -0.25) is 14.9 Å². The van der Waals surface area contributed by atoms with Crippen molar-refractivity contribution in [1.82, 2.24) is 5.32 Å². The van der Waals surface area contributed by atoms with Gasteiger partial charge in [0.2, 0.25) is 12.3 Å². The summed E-state index contributed by atoms with van der Waals surface area (Å²) in [7, 11) is 0. The number of carbonyl (C=O) groups excluding carboxylic acids is 2. The molecular weight excluding hydrogens is 466 g/mol. The maximum absolute atomic E-state index is 14.9. The highest BCUT2D eigenvalue weighted by molar-refractivity contribution is 5.91. The Hall–Kier alpha value is -3.75. The van der Waals surface area contributed by atoms with Gasteiger partial charge in [0.15, 0.2) is 0 Å². The molecule has 0 spiro atoms. The average molecular weight is 499 g/mol. The van der Waals surface area contributed by atoms with Crippen LogP contribution in [-0.2, 0) is 20.7 Å². The standard InChI is InChI=1S/C27H32F2N4O3/c1-3-8-21(12-18-10-6-5-7-11-18)36-27(30)32-19-15-33(16-19)20-13-23(28)25(24(29)14-20)22(9-4-2)26(35)31-17-34/h5-8,10-11,13-14,17,19,22H,3-4,9,12,15-16H2,1-2H3,(H2,30,32)(H,31,34,35)/b21-8+. The van der Waals surface area contributed by atoms with Gasteiger partial charge in [-0.05, 0) is 36.6 Å². The molecule has 1 atom stereocenters. The number of allylic oxidation sites excluding steroid dienone is 2. The van der Waals surface area contributed by atoms with Gasteiger partial charge < -0.3 is 15.4 Å². The number of hydrogen-bond acceptors (Lipinski definition) is 5. The van der Waals surface area contributed by atoms with Crippen LogP contribution in [0.15, 0.2) is 59.3 Å². The topological polar surface area (TPSA) is 97.0 Å². The second-order valence-electron chi connectivity index (χ2n) is 8.66. The van der Waals surface area contributed by atoms with Crippen LogP contribution in [-0.4, -0.2) is 37.5 Å². The molecular formula is C27H32F2N4O3. The van der Waals surface area contributed by atoms with Gasteiger partial charge in [0.1, 0.15) is 17.4 Å². The van der Waals surface area contributed by atoms with Gasteiger partial charge in [-0.25, -0.2) is 13.8 Å². The first-order chi connectivity index (χ1) is 17.4. The maximum atomic E-state index is 14.9. The Morgan fingerprint density at radius 1 is 1.22 bits per heavy atom. The number of amidine groups is 1. The summed E-state index contributed by atoms with van der Waals surface area (Å²) < 4.78 is 35.6. The lowest BCUT2D eigenvalue weighted by atomic mass is 9.92. The van der Waals surface area contributed by atoms with Crippen molar-refractivity contribution < 1.29 is 23.1 Å². The SMILES string of the molecule is CC/C=C(\Cc1ccccc1)OC(N)=NC1CN(c2cc(F)c(C(CCC)C(=O)NC=O)c(F)c2)C1. The van der Waals surface area contributed by atoms with E-state index in [9.17, 15) is 18.4 Å². The predicted octanol–water partition coefficient (Wildman–Crippen LogP) is 4.18. The minimum atomic E-state index is -1.08. The van der Waals surface area contributed by atoms with Crippen LogP contribution >= 0.6 is 0 Å². The number of benzene rings is 2. The van der Waals surface area contributed by atoms with Crippen LogP contribution in [0.4, 0.5) is 14.5 Å². The number of nitrogens with one attached hydrogen (secondary N) is 1. The molecule has 3 N–H and O–H groups in total. The van der Waals surface area contributed by atoms with Crippen LogP contribution in [0, 0.1) is 11.6 Å². The number of nitrogens with two attached hydrogens (primary N) is 1. The molecule has 1 unspecified atom stereocenters. The van der Waals surface area contributed by atoms with E-state index in [1.807, 2.05) is 48.6 Å². The van der Waals surface area contributed by atoms with E-state index in [0.29, 0.717) is 37.4 Å². The molecule has 36 heavy (non-hydrogen) atoms. The van der Waals surface area contributed by atoms with Crippen molar-refractivity contribution in [3.63, 3.8) is 0 Å². The number of nitrogens with zero attached hydrogens (tertiary/aromatic N) is 2. The molecule has 0 aliphatic carbocycles. The first kappa shape index (κ1) is 26.8. The molecule has 1 heterocycles. The molecule has 1 fully saturated rings. The lowest BCUT2D eigenvalue weighted by Crippen LogP contribution is -2.51. The number of aliphatic imine (C=N–C) groups is 1. The summed E-state index contributed by atoms with van der Waals surface area (Å²) in [4.78, 5) is 29.0. The molecule has 192 valence electrons. The van der Waals surface area contributed by atoms with Crippen molar-refractivity contribution in [2.75, 3.05) is 18.0 Å². The van der Waals surface area contributed by atoms with E-state index >= 15 is 0 Å². The first-order valence-corrected chi connectivity index (χ1v) is 12.1. The molecule has 2 amide bonds. The summed E-state index contributed by atoms with van der Waals surface area (Å²) in [6, 6.07) is 12.2. The van der Waals surface area contributed by atoms with Crippen LogP contribution in [0.5, 0.6) is 0 Å². The number of amides is 2. The minimum absolute atomic E-state index is 0.0478. The summed E-state index contributed by atoms with van der Waals surface area (Å²) >= 11 is 0.